The Labute approximate surface area is 82.6 Å². The zero-order valence-electron chi connectivity index (χ0n) is 7.55. The highest BCUT2D eigenvalue weighted by molar-refractivity contribution is 9.10. The van der Waals surface area contributed by atoms with Gasteiger partial charge in [-0.05, 0) is 24.1 Å². The molecule has 0 aliphatic rings. The van der Waals surface area contributed by atoms with Crippen LogP contribution in [0.4, 0.5) is 0 Å². The normalized spacial score (nSPS) is 8.67. The molecule has 12 heavy (non-hydrogen) atoms. The van der Waals surface area contributed by atoms with Crippen LogP contribution in [-0.2, 0) is 6.42 Å². The summed E-state index contributed by atoms with van der Waals surface area (Å²) >= 11 is 3.35. The first kappa shape index (κ1) is 11.7. The molecule has 68 valence electrons. The van der Waals surface area contributed by atoms with Crippen molar-refractivity contribution >= 4 is 15.9 Å². The lowest BCUT2D eigenvalue weighted by Crippen LogP contribution is -1.88. The molecule has 0 spiro atoms. The van der Waals surface area contributed by atoms with Crippen LogP contribution in [0.15, 0.2) is 28.7 Å². The number of aliphatic hydroxyl groups excluding tert-OH is 1. The van der Waals surface area contributed by atoms with Gasteiger partial charge >= 0.3 is 0 Å². The summed E-state index contributed by atoms with van der Waals surface area (Å²) in [7, 11) is 0. The van der Waals surface area contributed by atoms with E-state index in [0.29, 0.717) is 0 Å². The van der Waals surface area contributed by atoms with Crippen molar-refractivity contribution in [2.45, 2.75) is 20.3 Å². The van der Waals surface area contributed by atoms with Crippen LogP contribution in [0.1, 0.15) is 19.4 Å². The minimum absolute atomic E-state index is 0.219. The number of rotatable bonds is 2. The molecule has 0 fully saturated rings. The molecule has 0 aromatic heterocycles. The minimum Gasteiger partial charge on any atom is -0.396 e. The topological polar surface area (TPSA) is 20.2 Å². The van der Waals surface area contributed by atoms with Crippen molar-refractivity contribution in [2.24, 2.45) is 0 Å². The largest absolute Gasteiger partial charge is 0.396 e. The molecule has 1 rings (SSSR count). The fourth-order valence-electron chi connectivity index (χ4n) is 0.822. The van der Waals surface area contributed by atoms with Crippen LogP contribution in [0.25, 0.3) is 0 Å². The molecule has 1 N–H and O–H groups in total. The number of aliphatic hydroxyl groups is 1. The highest BCUT2D eigenvalue weighted by atomic mass is 79.9. The Morgan fingerprint density at radius 3 is 2.50 bits per heavy atom. The molecular weight excluding hydrogens is 216 g/mol. The van der Waals surface area contributed by atoms with Crippen molar-refractivity contribution in [3.63, 3.8) is 0 Å². The molecule has 1 nitrogen and oxygen atoms in total. The van der Waals surface area contributed by atoms with Gasteiger partial charge in [-0.3, -0.25) is 0 Å². The van der Waals surface area contributed by atoms with Crippen molar-refractivity contribution < 1.29 is 5.11 Å². The Morgan fingerprint density at radius 2 is 2.00 bits per heavy atom. The number of hydrogen-bond acceptors (Lipinski definition) is 1. The number of halogens is 1. The average Bonchev–Trinajstić information content (AvgIpc) is 2.09. The summed E-state index contributed by atoms with van der Waals surface area (Å²) in [6.45, 7) is 4.22. The fraction of sp³-hybridized carbons (Fsp3) is 0.400. The van der Waals surface area contributed by atoms with E-state index in [1.54, 1.807) is 0 Å². The summed E-state index contributed by atoms with van der Waals surface area (Å²) in [5.41, 5.74) is 1.16. The smallest absolute Gasteiger partial charge is 0.0471 e. The van der Waals surface area contributed by atoms with Gasteiger partial charge < -0.3 is 5.11 Å². The summed E-state index contributed by atoms with van der Waals surface area (Å²) in [6.07, 6.45) is 0.736. The van der Waals surface area contributed by atoms with Crippen molar-refractivity contribution in [3.8, 4) is 0 Å². The second-order valence-electron chi connectivity index (χ2n) is 2.10. The molecule has 0 unspecified atom stereocenters. The number of benzene rings is 1. The van der Waals surface area contributed by atoms with Gasteiger partial charge in [-0.15, -0.1) is 0 Å². The first-order chi connectivity index (χ1) is 5.83. The van der Waals surface area contributed by atoms with Gasteiger partial charge in [0, 0.05) is 11.1 Å². The third-order valence-corrected chi connectivity index (χ3v) is 1.78. The fourth-order valence-corrected chi connectivity index (χ4v) is 1.27. The molecule has 1 aromatic carbocycles. The Bertz CT molecular complexity index is 211. The van der Waals surface area contributed by atoms with E-state index >= 15 is 0 Å². The maximum atomic E-state index is 8.60. The molecule has 0 radical (unpaired) electrons. The minimum atomic E-state index is 0.219. The van der Waals surface area contributed by atoms with Gasteiger partial charge in [0.25, 0.3) is 0 Å². The molecule has 0 amide bonds. The first-order valence-corrected chi connectivity index (χ1v) is 4.97. The van der Waals surface area contributed by atoms with E-state index in [1.807, 2.05) is 38.1 Å². The van der Waals surface area contributed by atoms with E-state index in [2.05, 4.69) is 15.9 Å². The van der Waals surface area contributed by atoms with E-state index in [4.69, 9.17) is 5.11 Å². The molecule has 2 heteroatoms. The monoisotopic (exact) mass is 230 g/mol. The van der Waals surface area contributed by atoms with Gasteiger partial charge in [0.15, 0.2) is 0 Å². The second kappa shape index (κ2) is 7.32. The lowest BCUT2D eigenvalue weighted by molar-refractivity contribution is 0.299. The van der Waals surface area contributed by atoms with E-state index in [9.17, 15) is 0 Å². The van der Waals surface area contributed by atoms with Crippen LogP contribution in [0.2, 0.25) is 0 Å². The predicted molar refractivity (Wildman–Crippen MR) is 56.3 cm³/mol. The SMILES string of the molecule is CC.OCCc1cccc(Br)c1. The molecule has 0 saturated heterocycles. The standard InChI is InChI=1S/C8H9BrO.C2H6/c9-8-3-1-2-7(6-8)4-5-10;1-2/h1-3,6,10H,4-5H2;1-2H3. The summed E-state index contributed by atoms with van der Waals surface area (Å²) in [5.74, 6) is 0. The third kappa shape index (κ3) is 4.52. The zero-order chi connectivity index (χ0) is 9.40. The van der Waals surface area contributed by atoms with Crippen LogP contribution in [0.3, 0.4) is 0 Å². The van der Waals surface area contributed by atoms with E-state index in [0.717, 1.165) is 16.5 Å². The Balaban J connectivity index is 0.000000561. The van der Waals surface area contributed by atoms with Gasteiger partial charge in [0.05, 0.1) is 0 Å². The predicted octanol–water partition coefficient (Wildman–Crippen LogP) is 3.01. The summed E-state index contributed by atoms with van der Waals surface area (Å²) in [6, 6.07) is 7.95. The zero-order valence-corrected chi connectivity index (χ0v) is 9.13. The van der Waals surface area contributed by atoms with E-state index < -0.39 is 0 Å². The van der Waals surface area contributed by atoms with E-state index in [-0.39, 0.29) is 6.61 Å². The maximum absolute atomic E-state index is 8.60. The van der Waals surface area contributed by atoms with Crippen LogP contribution >= 0.6 is 15.9 Å². The van der Waals surface area contributed by atoms with Gasteiger partial charge in [-0.1, -0.05) is 41.9 Å². The summed E-state index contributed by atoms with van der Waals surface area (Å²) in [4.78, 5) is 0. The van der Waals surface area contributed by atoms with Crippen LogP contribution < -0.4 is 0 Å². The second-order valence-corrected chi connectivity index (χ2v) is 3.02. The maximum Gasteiger partial charge on any atom is 0.0471 e. The molecule has 1 aromatic rings. The van der Waals surface area contributed by atoms with Crippen molar-refractivity contribution in [1.82, 2.24) is 0 Å². The molecule has 0 aliphatic carbocycles. The van der Waals surface area contributed by atoms with Gasteiger partial charge in [0.2, 0.25) is 0 Å². The van der Waals surface area contributed by atoms with E-state index in [1.165, 1.54) is 0 Å². The third-order valence-electron chi connectivity index (χ3n) is 1.29. The molecule has 0 heterocycles. The Morgan fingerprint density at radius 1 is 1.33 bits per heavy atom. The van der Waals surface area contributed by atoms with Crippen molar-refractivity contribution in [2.75, 3.05) is 6.61 Å². The van der Waals surface area contributed by atoms with Crippen molar-refractivity contribution in [3.05, 3.63) is 34.3 Å². The highest BCUT2D eigenvalue weighted by Crippen LogP contribution is 2.11. The molecule has 0 atom stereocenters. The van der Waals surface area contributed by atoms with Gasteiger partial charge in [-0.25, -0.2) is 0 Å². The van der Waals surface area contributed by atoms with Crippen LogP contribution in [-0.4, -0.2) is 11.7 Å². The quantitative estimate of drug-likeness (QED) is 0.829. The Hall–Kier alpha value is -0.340. The van der Waals surface area contributed by atoms with Gasteiger partial charge in [-0.2, -0.15) is 0 Å². The first-order valence-electron chi connectivity index (χ1n) is 4.18. The summed E-state index contributed by atoms with van der Waals surface area (Å²) < 4.78 is 1.07. The molecule has 0 bridgehead atoms. The van der Waals surface area contributed by atoms with Crippen LogP contribution in [0, 0.1) is 0 Å². The number of hydrogen-bond donors (Lipinski definition) is 1. The Kier molecular flexibility index (Phi) is 7.11. The summed E-state index contributed by atoms with van der Waals surface area (Å²) in [5, 5.41) is 8.60. The molecule has 0 saturated carbocycles. The highest BCUT2D eigenvalue weighted by Gasteiger charge is 1.90. The van der Waals surface area contributed by atoms with Gasteiger partial charge in [0.1, 0.15) is 0 Å². The lowest BCUT2D eigenvalue weighted by atomic mass is 10.2. The molecule has 0 aliphatic heterocycles. The van der Waals surface area contributed by atoms with Crippen molar-refractivity contribution in [1.29, 1.82) is 0 Å². The lowest BCUT2D eigenvalue weighted by Gasteiger charge is -1.96. The average molecular weight is 231 g/mol. The van der Waals surface area contributed by atoms with Crippen LogP contribution in [0.5, 0.6) is 0 Å². The molecular formula is C10H15BrO.